The standard InChI is InChI=1S/C17H19BrN2O3S/c1-3-13-6-4-5-7-16(13)20-17(21)11-19-24(22,23)14-8-9-15(18)12(2)10-14/h4-10,19H,3,11H2,1-2H3,(H,20,21). The SMILES string of the molecule is CCc1ccccc1NC(=O)CNS(=O)(=O)c1ccc(Br)c(C)c1. The topological polar surface area (TPSA) is 75.3 Å². The average molecular weight is 411 g/mol. The van der Waals surface area contributed by atoms with Gasteiger partial charge >= 0.3 is 0 Å². The zero-order valence-electron chi connectivity index (χ0n) is 13.5. The van der Waals surface area contributed by atoms with Crippen LogP contribution in [-0.2, 0) is 21.2 Å². The van der Waals surface area contributed by atoms with Gasteiger partial charge in [0.25, 0.3) is 0 Å². The molecule has 1 amide bonds. The first-order valence-electron chi connectivity index (χ1n) is 7.47. The lowest BCUT2D eigenvalue weighted by atomic mass is 10.1. The number of hydrogen-bond acceptors (Lipinski definition) is 3. The lowest BCUT2D eigenvalue weighted by Crippen LogP contribution is -2.33. The van der Waals surface area contributed by atoms with Crippen LogP contribution >= 0.6 is 15.9 Å². The molecule has 2 aromatic rings. The Bertz CT molecular complexity index is 851. The summed E-state index contributed by atoms with van der Waals surface area (Å²) in [4.78, 5) is 12.2. The minimum Gasteiger partial charge on any atom is -0.325 e. The summed E-state index contributed by atoms with van der Waals surface area (Å²) in [5.41, 5.74) is 2.50. The fraction of sp³-hybridized carbons (Fsp3) is 0.235. The van der Waals surface area contributed by atoms with Gasteiger partial charge in [0.05, 0.1) is 11.4 Å². The molecular formula is C17H19BrN2O3S. The Kier molecular flexibility index (Phi) is 6.15. The van der Waals surface area contributed by atoms with Crippen LogP contribution in [0.5, 0.6) is 0 Å². The molecule has 0 atom stereocenters. The molecule has 2 N–H and O–H groups in total. The second-order valence-corrected chi connectivity index (χ2v) is 7.92. The van der Waals surface area contributed by atoms with Gasteiger partial charge in [-0.3, -0.25) is 4.79 Å². The summed E-state index contributed by atoms with van der Waals surface area (Å²) in [6, 6.07) is 12.1. The second kappa shape index (κ2) is 7.92. The highest BCUT2D eigenvalue weighted by Crippen LogP contribution is 2.20. The lowest BCUT2D eigenvalue weighted by Gasteiger charge is -2.11. The molecule has 0 fully saturated rings. The molecule has 0 aliphatic heterocycles. The molecule has 24 heavy (non-hydrogen) atoms. The number of sulfonamides is 1. The molecule has 2 aromatic carbocycles. The van der Waals surface area contributed by atoms with Crippen molar-refractivity contribution in [2.45, 2.75) is 25.2 Å². The summed E-state index contributed by atoms with van der Waals surface area (Å²) in [5, 5.41) is 2.73. The van der Waals surface area contributed by atoms with Crippen LogP contribution < -0.4 is 10.0 Å². The number of benzene rings is 2. The largest absolute Gasteiger partial charge is 0.325 e. The van der Waals surface area contributed by atoms with Gasteiger partial charge in [0.2, 0.25) is 15.9 Å². The molecule has 0 spiro atoms. The number of carbonyl (C=O) groups is 1. The maximum absolute atomic E-state index is 12.3. The van der Waals surface area contributed by atoms with E-state index in [-0.39, 0.29) is 11.4 Å². The van der Waals surface area contributed by atoms with Crippen LogP contribution in [-0.4, -0.2) is 20.9 Å². The number of aryl methyl sites for hydroxylation is 2. The van der Waals surface area contributed by atoms with E-state index in [0.29, 0.717) is 5.69 Å². The highest BCUT2D eigenvalue weighted by Gasteiger charge is 2.16. The fourth-order valence-electron chi connectivity index (χ4n) is 2.17. The fourth-order valence-corrected chi connectivity index (χ4v) is 3.49. The Morgan fingerprint density at radius 2 is 1.88 bits per heavy atom. The zero-order chi connectivity index (χ0) is 17.7. The Morgan fingerprint density at radius 3 is 2.54 bits per heavy atom. The number of nitrogens with one attached hydrogen (secondary N) is 2. The summed E-state index contributed by atoms with van der Waals surface area (Å²) < 4.78 is 27.7. The van der Waals surface area contributed by atoms with Crippen molar-refractivity contribution in [1.29, 1.82) is 0 Å². The maximum atomic E-state index is 12.3. The predicted molar refractivity (Wildman–Crippen MR) is 98.5 cm³/mol. The number of para-hydroxylation sites is 1. The third kappa shape index (κ3) is 4.66. The minimum absolute atomic E-state index is 0.130. The highest BCUT2D eigenvalue weighted by atomic mass is 79.9. The summed E-state index contributed by atoms with van der Waals surface area (Å²) in [7, 11) is -3.73. The lowest BCUT2D eigenvalue weighted by molar-refractivity contribution is -0.115. The summed E-state index contributed by atoms with van der Waals surface area (Å²) >= 11 is 3.33. The van der Waals surface area contributed by atoms with Gasteiger partial charge in [-0.05, 0) is 48.7 Å². The van der Waals surface area contributed by atoms with Crippen LogP contribution in [0.3, 0.4) is 0 Å². The Labute approximate surface area is 150 Å². The van der Waals surface area contributed by atoms with E-state index < -0.39 is 15.9 Å². The summed E-state index contributed by atoms with van der Waals surface area (Å²) in [5.74, 6) is -0.409. The molecule has 0 heterocycles. The van der Waals surface area contributed by atoms with E-state index in [0.717, 1.165) is 22.0 Å². The molecule has 128 valence electrons. The van der Waals surface area contributed by atoms with E-state index in [1.54, 1.807) is 25.1 Å². The molecule has 0 unspecified atom stereocenters. The predicted octanol–water partition coefficient (Wildman–Crippen LogP) is 3.24. The number of hydrogen-bond donors (Lipinski definition) is 2. The molecule has 0 aliphatic rings. The van der Waals surface area contributed by atoms with Crippen LogP contribution in [0, 0.1) is 6.92 Å². The molecular weight excluding hydrogens is 392 g/mol. The third-order valence-corrected chi connectivity index (χ3v) is 5.82. The summed E-state index contributed by atoms with van der Waals surface area (Å²) in [6.07, 6.45) is 0.778. The van der Waals surface area contributed by atoms with Crippen LogP contribution in [0.25, 0.3) is 0 Å². The van der Waals surface area contributed by atoms with Gasteiger partial charge in [0, 0.05) is 10.2 Å². The van der Waals surface area contributed by atoms with Gasteiger partial charge < -0.3 is 5.32 Å². The molecule has 0 aliphatic carbocycles. The van der Waals surface area contributed by atoms with Crippen molar-refractivity contribution in [2.24, 2.45) is 0 Å². The van der Waals surface area contributed by atoms with Crippen molar-refractivity contribution in [3.05, 3.63) is 58.1 Å². The van der Waals surface area contributed by atoms with E-state index in [2.05, 4.69) is 26.0 Å². The molecule has 0 aromatic heterocycles. The molecule has 7 heteroatoms. The van der Waals surface area contributed by atoms with Crippen molar-refractivity contribution >= 4 is 37.5 Å². The third-order valence-electron chi connectivity index (χ3n) is 3.53. The number of halogens is 1. The van der Waals surface area contributed by atoms with Crippen LogP contribution in [0.2, 0.25) is 0 Å². The highest BCUT2D eigenvalue weighted by molar-refractivity contribution is 9.10. The van der Waals surface area contributed by atoms with Gasteiger partial charge in [0.15, 0.2) is 0 Å². The number of carbonyl (C=O) groups excluding carboxylic acids is 1. The Hall–Kier alpha value is -1.70. The normalized spacial score (nSPS) is 11.3. The smallest absolute Gasteiger partial charge is 0.241 e. The molecule has 0 saturated heterocycles. The first-order chi connectivity index (χ1) is 11.3. The Morgan fingerprint density at radius 1 is 1.17 bits per heavy atom. The quantitative estimate of drug-likeness (QED) is 0.767. The van der Waals surface area contributed by atoms with E-state index in [4.69, 9.17) is 0 Å². The minimum atomic E-state index is -3.73. The first kappa shape index (κ1) is 18.6. The van der Waals surface area contributed by atoms with Gasteiger partial charge in [-0.2, -0.15) is 0 Å². The molecule has 0 bridgehead atoms. The van der Waals surface area contributed by atoms with Crippen molar-refractivity contribution in [2.75, 3.05) is 11.9 Å². The number of rotatable bonds is 6. The maximum Gasteiger partial charge on any atom is 0.241 e. The molecule has 0 radical (unpaired) electrons. The van der Waals surface area contributed by atoms with Crippen LogP contribution in [0.1, 0.15) is 18.1 Å². The van der Waals surface area contributed by atoms with Gasteiger partial charge in [0.1, 0.15) is 0 Å². The first-order valence-corrected chi connectivity index (χ1v) is 9.74. The van der Waals surface area contributed by atoms with Crippen molar-refractivity contribution in [1.82, 2.24) is 4.72 Å². The monoisotopic (exact) mass is 410 g/mol. The second-order valence-electron chi connectivity index (χ2n) is 5.29. The van der Waals surface area contributed by atoms with Crippen molar-refractivity contribution < 1.29 is 13.2 Å². The van der Waals surface area contributed by atoms with Crippen molar-refractivity contribution in [3.63, 3.8) is 0 Å². The van der Waals surface area contributed by atoms with Crippen molar-refractivity contribution in [3.8, 4) is 0 Å². The van der Waals surface area contributed by atoms with Gasteiger partial charge in [-0.15, -0.1) is 0 Å². The number of amides is 1. The van der Waals surface area contributed by atoms with Gasteiger partial charge in [-0.1, -0.05) is 41.1 Å². The molecule has 5 nitrogen and oxygen atoms in total. The van der Waals surface area contributed by atoms with E-state index in [1.807, 2.05) is 25.1 Å². The van der Waals surface area contributed by atoms with E-state index in [1.165, 1.54) is 6.07 Å². The number of anilines is 1. The Balaban J connectivity index is 2.03. The van der Waals surface area contributed by atoms with E-state index >= 15 is 0 Å². The van der Waals surface area contributed by atoms with Gasteiger partial charge in [-0.25, -0.2) is 13.1 Å². The van der Waals surface area contributed by atoms with Crippen LogP contribution in [0.4, 0.5) is 5.69 Å². The zero-order valence-corrected chi connectivity index (χ0v) is 15.9. The molecule has 2 rings (SSSR count). The van der Waals surface area contributed by atoms with E-state index in [9.17, 15) is 13.2 Å². The van der Waals surface area contributed by atoms with Crippen LogP contribution in [0.15, 0.2) is 51.8 Å². The summed E-state index contributed by atoms with van der Waals surface area (Å²) in [6.45, 7) is 3.47. The average Bonchev–Trinajstić information content (AvgIpc) is 2.56. The molecule has 0 saturated carbocycles.